The Balaban J connectivity index is 1.79. The van der Waals surface area contributed by atoms with Gasteiger partial charge in [0.1, 0.15) is 0 Å². The number of carbonyl (C=O) groups is 2. The van der Waals surface area contributed by atoms with Crippen LogP contribution in [-0.2, 0) is 22.6 Å². The van der Waals surface area contributed by atoms with Crippen LogP contribution in [0.1, 0.15) is 72.6 Å². The number of nitrogens with one attached hydrogen (secondary N) is 1. The first-order valence-electron chi connectivity index (χ1n) is 11.2. The molecule has 1 atom stereocenters. The smallest absolute Gasteiger partial charge is 0.303 e. The predicted molar refractivity (Wildman–Crippen MR) is 121 cm³/mol. The number of benzene rings is 2. The number of aliphatic carboxylic acids is 1. The van der Waals surface area contributed by atoms with Gasteiger partial charge in [0.05, 0.1) is 12.6 Å². The molecule has 1 aliphatic carbocycles. The molecule has 0 radical (unpaired) electrons. The van der Waals surface area contributed by atoms with Crippen LogP contribution in [0.25, 0.3) is 0 Å². The van der Waals surface area contributed by atoms with Crippen LogP contribution in [0.4, 0.5) is 0 Å². The standard InChI is InChI=1S/C26H33NO4/c1-18(2)14-24(22-6-4-3-5-7-22)27-26(30)23-15-20(17-31-16-19-8-9-19)10-11-21(23)12-13-25(28)29/h3-7,10-11,15,18-19,24H,8-9,12-14,16-17H2,1-2H3,(H,27,30)(H,28,29). The van der Waals surface area contributed by atoms with Crippen molar-refractivity contribution in [2.75, 3.05) is 6.61 Å². The average Bonchev–Trinajstić information content (AvgIpc) is 3.57. The second-order valence-electron chi connectivity index (χ2n) is 8.91. The Morgan fingerprint density at radius 1 is 1.13 bits per heavy atom. The lowest BCUT2D eigenvalue weighted by Gasteiger charge is -2.22. The van der Waals surface area contributed by atoms with E-state index in [1.807, 2.05) is 48.5 Å². The first-order valence-corrected chi connectivity index (χ1v) is 11.2. The molecular formula is C26H33NO4. The van der Waals surface area contributed by atoms with Gasteiger partial charge >= 0.3 is 5.97 Å². The summed E-state index contributed by atoms with van der Waals surface area (Å²) in [6.07, 6.45) is 3.61. The highest BCUT2D eigenvalue weighted by Crippen LogP contribution is 2.29. The van der Waals surface area contributed by atoms with E-state index >= 15 is 0 Å². The molecule has 1 unspecified atom stereocenters. The fraction of sp³-hybridized carbons (Fsp3) is 0.462. The molecule has 5 heteroatoms. The quantitative estimate of drug-likeness (QED) is 0.495. The average molecular weight is 424 g/mol. The highest BCUT2D eigenvalue weighted by Gasteiger charge is 2.22. The molecule has 1 fully saturated rings. The van der Waals surface area contributed by atoms with E-state index in [0.29, 0.717) is 30.4 Å². The van der Waals surface area contributed by atoms with Crippen LogP contribution in [0.3, 0.4) is 0 Å². The van der Waals surface area contributed by atoms with Gasteiger partial charge in [-0.15, -0.1) is 0 Å². The monoisotopic (exact) mass is 423 g/mol. The van der Waals surface area contributed by atoms with Crippen LogP contribution in [0.15, 0.2) is 48.5 Å². The van der Waals surface area contributed by atoms with Gasteiger partial charge in [-0.1, -0.05) is 56.3 Å². The molecule has 1 aliphatic rings. The lowest BCUT2D eigenvalue weighted by atomic mass is 9.95. The molecule has 2 aromatic rings. The molecular weight excluding hydrogens is 390 g/mol. The van der Waals surface area contributed by atoms with Crippen LogP contribution in [0.2, 0.25) is 0 Å². The van der Waals surface area contributed by atoms with Crippen molar-refractivity contribution in [2.45, 2.75) is 58.6 Å². The third-order valence-corrected chi connectivity index (χ3v) is 5.56. The number of rotatable bonds is 12. The van der Waals surface area contributed by atoms with E-state index in [1.165, 1.54) is 12.8 Å². The van der Waals surface area contributed by atoms with E-state index in [4.69, 9.17) is 9.84 Å². The summed E-state index contributed by atoms with van der Waals surface area (Å²) in [6, 6.07) is 15.5. The highest BCUT2D eigenvalue weighted by atomic mass is 16.5. The summed E-state index contributed by atoms with van der Waals surface area (Å²) in [6.45, 7) is 5.49. The normalized spacial score (nSPS) is 14.4. The number of carbonyl (C=O) groups excluding carboxylic acids is 1. The first kappa shape index (κ1) is 23.0. The molecule has 3 rings (SSSR count). The van der Waals surface area contributed by atoms with E-state index in [2.05, 4.69) is 19.2 Å². The number of carboxylic acid groups (broad SMARTS) is 1. The fourth-order valence-corrected chi connectivity index (χ4v) is 3.68. The SMILES string of the molecule is CC(C)CC(NC(=O)c1cc(COCC2CC2)ccc1CCC(=O)O)c1ccccc1. The van der Waals surface area contributed by atoms with Gasteiger partial charge in [-0.2, -0.15) is 0 Å². The molecule has 5 nitrogen and oxygen atoms in total. The van der Waals surface area contributed by atoms with Gasteiger partial charge in [-0.3, -0.25) is 9.59 Å². The maximum absolute atomic E-state index is 13.3. The maximum atomic E-state index is 13.3. The fourth-order valence-electron chi connectivity index (χ4n) is 3.68. The number of ether oxygens (including phenoxy) is 1. The van der Waals surface area contributed by atoms with Crippen molar-refractivity contribution >= 4 is 11.9 Å². The zero-order chi connectivity index (χ0) is 22.2. The summed E-state index contributed by atoms with van der Waals surface area (Å²) in [5, 5.41) is 12.3. The summed E-state index contributed by atoms with van der Waals surface area (Å²) in [7, 11) is 0. The zero-order valence-electron chi connectivity index (χ0n) is 18.5. The highest BCUT2D eigenvalue weighted by molar-refractivity contribution is 5.96. The molecule has 2 N–H and O–H groups in total. The third-order valence-electron chi connectivity index (χ3n) is 5.56. The van der Waals surface area contributed by atoms with Crippen molar-refractivity contribution in [3.8, 4) is 0 Å². The molecule has 166 valence electrons. The summed E-state index contributed by atoms with van der Waals surface area (Å²) >= 11 is 0. The van der Waals surface area contributed by atoms with Gasteiger partial charge in [0, 0.05) is 18.6 Å². The lowest BCUT2D eigenvalue weighted by molar-refractivity contribution is -0.136. The molecule has 31 heavy (non-hydrogen) atoms. The van der Waals surface area contributed by atoms with E-state index in [9.17, 15) is 9.59 Å². The van der Waals surface area contributed by atoms with Gasteiger partial charge in [0.25, 0.3) is 5.91 Å². The Kier molecular flexibility index (Phi) is 8.24. The van der Waals surface area contributed by atoms with Crippen molar-refractivity contribution in [3.63, 3.8) is 0 Å². The topological polar surface area (TPSA) is 75.6 Å². The molecule has 0 saturated heterocycles. The molecule has 1 saturated carbocycles. The minimum Gasteiger partial charge on any atom is -0.481 e. The summed E-state index contributed by atoms with van der Waals surface area (Å²) in [5.74, 6) is 0.0588. The van der Waals surface area contributed by atoms with Crippen LogP contribution >= 0.6 is 0 Å². The Hall–Kier alpha value is -2.66. The summed E-state index contributed by atoms with van der Waals surface area (Å²) in [4.78, 5) is 24.4. The van der Waals surface area contributed by atoms with Gasteiger partial charge in [-0.05, 0) is 60.3 Å². The number of aryl methyl sites for hydroxylation is 1. The van der Waals surface area contributed by atoms with E-state index in [0.717, 1.165) is 29.7 Å². The zero-order valence-corrected chi connectivity index (χ0v) is 18.5. The Labute approximate surface area is 184 Å². The number of hydrogen-bond acceptors (Lipinski definition) is 3. The number of amides is 1. The lowest BCUT2D eigenvalue weighted by Crippen LogP contribution is -2.30. The Bertz CT molecular complexity index is 874. The summed E-state index contributed by atoms with van der Waals surface area (Å²) < 4.78 is 5.79. The largest absolute Gasteiger partial charge is 0.481 e. The van der Waals surface area contributed by atoms with Gasteiger partial charge in [-0.25, -0.2) is 0 Å². The van der Waals surface area contributed by atoms with Crippen LogP contribution in [0.5, 0.6) is 0 Å². The van der Waals surface area contributed by atoms with Crippen LogP contribution in [-0.4, -0.2) is 23.6 Å². The van der Waals surface area contributed by atoms with Crippen LogP contribution in [0, 0.1) is 11.8 Å². The molecule has 0 spiro atoms. The second kappa shape index (κ2) is 11.1. The molecule has 1 amide bonds. The molecule has 0 heterocycles. The van der Waals surface area contributed by atoms with Crippen molar-refractivity contribution in [3.05, 3.63) is 70.8 Å². The molecule has 0 aliphatic heterocycles. The molecule has 0 aromatic heterocycles. The van der Waals surface area contributed by atoms with E-state index < -0.39 is 5.97 Å². The number of hydrogen-bond donors (Lipinski definition) is 2. The van der Waals surface area contributed by atoms with E-state index in [1.54, 1.807) is 0 Å². The van der Waals surface area contributed by atoms with Gasteiger partial charge in [0.15, 0.2) is 0 Å². The molecule has 2 aromatic carbocycles. The minimum atomic E-state index is -0.870. The van der Waals surface area contributed by atoms with Crippen LogP contribution < -0.4 is 5.32 Å². The maximum Gasteiger partial charge on any atom is 0.303 e. The first-order chi connectivity index (χ1) is 14.9. The third kappa shape index (κ3) is 7.51. The summed E-state index contributed by atoms with van der Waals surface area (Å²) in [5.41, 5.74) is 3.30. The van der Waals surface area contributed by atoms with Gasteiger partial charge in [0.2, 0.25) is 0 Å². The van der Waals surface area contributed by atoms with Gasteiger partial charge < -0.3 is 15.2 Å². The van der Waals surface area contributed by atoms with Crippen molar-refractivity contribution in [2.24, 2.45) is 11.8 Å². The van der Waals surface area contributed by atoms with Crippen molar-refractivity contribution in [1.82, 2.24) is 5.32 Å². The van der Waals surface area contributed by atoms with Crippen molar-refractivity contribution in [1.29, 1.82) is 0 Å². The predicted octanol–water partition coefficient (Wildman–Crippen LogP) is 5.15. The van der Waals surface area contributed by atoms with E-state index in [-0.39, 0.29) is 18.4 Å². The van der Waals surface area contributed by atoms with Crippen molar-refractivity contribution < 1.29 is 19.4 Å². The second-order valence-corrected chi connectivity index (χ2v) is 8.91. The number of carboxylic acids is 1. The minimum absolute atomic E-state index is 0.00802. The Morgan fingerprint density at radius 2 is 1.87 bits per heavy atom. The Morgan fingerprint density at radius 3 is 2.52 bits per heavy atom. The molecule has 0 bridgehead atoms.